The summed E-state index contributed by atoms with van der Waals surface area (Å²) in [7, 11) is 1.29. The highest BCUT2D eigenvalue weighted by Gasteiger charge is 2.19. The van der Waals surface area contributed by atoms with Crippen LogP contribution in [0.4, 0.5) is 0 Å². The molecule has 6 heteroatoms. The molecular weight excluding hydrogens is 361 g/mol. The fraction of sp³-hybridized carbons (Fsp3) is 0.385. The van der Waals surface area contributed by atoms with E-state index in [4.69, 9.17) is 0 Å². The topological polar surface area (TPSA) is 66.8 Å². The Balaban J connectivity index is 2.91. The molecule has 0 unspecified atom stereocenters. The van der Waals surface area contributed by atoms with Crippen molar-refractivity contribution < 1.29 is 19.4 Å². The van der Waals surface area contributed by atoms with Crippen LogP contribution in [0.1, 0.15) is 23.7 Å². The molecule has 1 aromatic carbocycles. The van der Waals surface area contributed by atoms with Crippen molar-refractivity contribution in [2.45, 2.75) is 13.3 Å². The van der Waals surface area contributed by atoms with Gasteiger partial charge in [-0.05, 0) is 47.2 Å². The largest absolute Gasteiger partial charge is 0.507 e. The van der Waals surface area contributed by atoms with E-state index >= 15 is 0 Å². The third kappa shape index (κ3) is 4.38. The van der Waals surface area contributed by atoms with Crippen LogP contribution in [0.2, 0.25) is 0 Å². The van der Waals surface area contributed by atoms with Crippen molar-refractivity contribution >= 4 is 34.5 Å². The number of hydrogen-bond acceptors (Lipinski definition) is 4. The van der Waals surface area contributed by atoms with Gasteiger partial charge in [-0.1, -0.05) is 6.92 Å². The van der Waals surface area contributed by atoms with Gasteiger partial charge in [0.05, 0.1) is 10.7 Å². The van der Waals surface area contributed by atoms with Crippen LogP contribution in [0, 0.1) is 3.57 Å². The van der Waals surface area contributed by atoms with Crippen molar-refractivity contribution in [3.8, 4) is 5.75 Å². The molecule has 0 aliphatic rings. The molecule has 1 amide bonds. The third-order valence-corrected chi connectivity index (χ3v) is 3.43. The van der Waals surface area contributed by atoms with E-state index in [0.717, 1.165) is 6.42 Å². The van der Waals surface area contributed by atoms with Gasteiger partial charge in [0, 0.05) is 12.1 Å². The number of benzene rings is 1. The molecule has 0 spiro atoms. The average Bonchev–Trinajstić information content (AvgIpc) is 2.40. The van der Waals surface area contributed by atoms with Gasteiger partial charge in [0.2, 0.25) is 0 Å². The second-order valence-electron chi connectivity index (χ2n) is 3.97. The number of aromatic hydroxyl groups is 1. The molecule has 0 radical (unpaired) electrons. The van der Waals surface area contributed by atoms with Gasteiger partial charge in [-0.25, -0.2) is 0 Å². The molecule has 1 rings (SSSR count). The zero-order valence-corrected chi connectivity index (χ0v) is 13.0. The van der Waals surface area contributed by atoms with Crippen LogP contribution < -0.4 is 0 Å². The maximum atomic E-state index is 12.3. The Morgan fingerprint density at radius 1 is 1.42 bits per heavy atom. The minimum absolute atomic E-state index is 0.0565. The van der Waals surface area contributed by atoms with Crippen molar-refractivity contribution in [3.05, 3.63) is 27.3 Å². The Hall–Kier alpha value is -1.31. The zero-order chi connectivity index (χ0) is 14.4. The fourth-order valence-electron chi connectivity index (χ4n) is 1.57. The molecule has 0 atom stereocenters. The maximum Gasteiger partial charge on any atom is 0.325 e. The van der Waals surface area contributed by atoms with Crippen molar-refractivity contribution in [1.29, 1.82) is 0 Å². The van der Waals surface area contributed by atoms with Gasteiger partial charge in [-0.15, -0.1) is 0 Å². The summed E-state index contributed by atoms with van der Waals surface area (Å²) >= 11 is 1.98. The minimum atomic E-state index is -0.462. The minimum Gasteiger partial charge on any atom is -0.507 e. The number of nitrogens with zero attached hydrogens (tertiary/aromatic N) is 1. The monoisotopic (exact) mass is 377 g/mol. The van der Waals surface area contributed by atoms with Gasteiger partial charge >= 0.3 is 5.97 Å². The SMILES string of the molecule is CCCN(CC(=O)OC)C(=O)c1ccc(I)c(O)c1. The van der Waals surface area contributed by atoms with Crippen molar-refractivity contribution in [3.63, 3.8) is 0 Å². The van der Waals surface area contributed by atoms with Crippen LogP contribution in [-0.4, -0.2) is 42.1 Å². The number of carbonyl (C=O) groups excluding carboxylic acids is 2. The first-order valence-corrected chi connectivity index (χ1v) is 6.92. The molecule has 1 N–H and O–H groups in total. The molecule has 0 aliphatic carbocycles. The highest BCUT2D eigenvalue weighted by atomic mass is 127. The Morgan fingerprint density at radius 2 is 2.11 bits per heavy atom. The molecule has 104 valence electrons. The number of esters is 1. The highest BCUT2D eigenvalue weighted by Crippen LogP contribution is 2.21. The number of phenolic OH excluding ortho intramolecular Hbond substituents is 1. The summed E-state index contributed by atoms with van der Waals surface area (Å²) < 4.78 is 5.24. The Labute approximate surface area is 125 Å². The Kier molecular flexibility index (Phi) is 6.07. The molecule has 0 bridgehead atoms. The molecule has 0 fully saturated rings. The van der Waals surface area contributed by atoms with Crippen LogP contribution in [-0.2, 0) is 9.53 Å². The van der Waals surface area contributed by atoms with Gasteiger partial charge in [0.15, 0.2) is 0 Å². The first-order valence-electron chi connectivity index (χ1n) is 5.84. The number of amides is 1. The molecule has 19 heavy (non-hydrogen) atoms. The van der Waals surface area contributed by atoms with Gasteiger partial charge in [0.1, 0.15) is 12.3 Å². The summed E-state index contributed by atoms with van der Waals surface area (Å²) in [6.07, 6.45) is 0.735. The van der Waals surface area contributed by atoms with E-state index in [0.29, 0.717) is 15.7 Å². The summed E-state index contributed by atoms with van der Waals surface area (Å²) in [5.41, 5.74) is 0.357. The van der Waals surface area contributed by atoms with E-state index in [1.165, 1.54) is 18.1 Å². The van der Waals surface area contributed by atoms with Gasteiger partial charge in [0.25, 0.3) is 5.91 Å². The smallest absolute Gasteiger partial charge is 0.325 e. The highest BCUT2D eigenvalue weighted by molar-refractivity contribution is 14.1. The number of methoxy groups -OCH3 is 1. The number of rotatable bonds is 5. The van der Waals surface area contributed by atoms with Crippen LogP contribution in [0.3, 0.4) is 0 Å². The van der Waals surface area contributed by atoms with E-state index in [-0.39, 0.29) is 18.2 Å². The molecule has 5 nitrogen and oxygen atoms in total. The summed E-state index contributed by atoms with van der Waals surface area (Å²) in [5.74, 6) is -0.698. The van der Waals surface area contributed by atoms with Gasteiger partial charge < -0.3 is 14.7 Å². The third-order valence-electron chi connectivity index (χ3n) is 2.52. The lowest BCUT2D eigenvalue weighted by Crippen LogP contribution is -2.36. The molecular formula is C13H16INO4. The van der Waals surface area contributed by atoms with Crippen LogP contribution in [0.25, 0.3) is 0 Å². The lowest BCUT2D eigenvalue weighted by Gasteiger charge is -2.20. The zero-order valence-electron chi connectivity index (χ0n) is 10.9. The molecule has 0 aliphatic heterocycles. The van der Waals surface area contributed by atoms with Crippen LogP contribution in [0.15, 0.2) is 18.2 Å². The molecule has 0 heterocycles. The maximum absolute atomic E-state index is 12.3. The lowest BCUT2D eigenvalue weighted by molar-refractivity contribution is -0.141. The molecule has 0 aromatic heterocycles. The number of halogens is 1. The standard InChI is InChI=1S/C13H16INO4/c1-3-6-15(8-12(17)19-2)13(18)9-4-5-10(14)11(16)7-9/h4-5,7,16H,3,6,8H2,1-2H3. The van der Waals surface area contributed by atoms with E-state index in [2.05, 4.69) is 4.74 Å². The predicted octanol–water partition coefficient (Wildman–Crippen LogP) is 2.02. The lowest BCUT2D eigenvalue weighted by atomic mass is 10.2. The second kappa shape index (κ2) is 7.32. The van der Waals surface area contributed by atoms with E-state index in [1.54, 1.807) is 12.1 Å². The quantitative estimate of drug-likeness (QED) is 0.630. The Morgan fingerprint density at radius 3 is 2.63 bits per heavy atom. The molecule has 0 saturated carbocycles. The number of phenols is 1. The van der Waals surface area contributed by atoms with Crippen LogP contribution in [0.5, 0.6) is 5.75 Å². The summed E-state index contributed by atoms with van der Waals surface area (Å²) in [4.78, 5) is 25.0. The summed E-state index contributed by atoms with van der Waals surface area (Å²) in [5, 5.41) is 9.62. The van der Waals surface area contributed by atoms with Crippen molar-refractivity contribution in [2.24, 2.45) is 0 Å². The first-order chi connectivity index (χ1) is 8.99. The summed E-state index contributed by atoms with van der Waals surface area (Å²) in [6.45, 7) is 2.29. The molecule has 0 saturated heterocycles. The van der Waals surface area contributed by atoms with E-state index in [1.807, 2.05) is 29.5 Å². The Bertz CT molecular complexity index is 476. The number of carbonyl (C=O) groups is 2. The first kappa shape index (κ1) is 15.7. The average molecular weight is 377 g/mol. The van der Waals surface area contributed by atoms with Crippen molar-refractivity contribution in [1.82, 2.24) is 4.90 Å². The predicted molar refractivity (Wildman–Crippen MR) is 79.0 cm³/mol. The van der Waals surface area contributed by atoms with Gasteiger partial charge in [-0.3, -0.25) is 9.59 Å². The van der Waals surface area contributed by atoms with Crippen molar-refractivity contribution in [2.75, 3.05) is 20.2 Å². The van der Waals surface area contributed by atoms with Gasteiger partial charge in [-0.2, -0.15) is 0 Å². The fourth-order valence-corrected chi connectivity index (χ4v) is 1.91. The second-order valence-corrected chi connectivity index (χ2v) is 5.13. The summed E-state index contributed by atoms with van der Waals surface area (Å²) in [6, 6.07) is 4.69. The molecule has 1 aromatic rings. The number of ether oxygens (including phenoxy) is 1. The van der Waals surface area contributed by atoms with Crippen LogP contribution >= 0.6 is 22.6 Å². The van der Waals surface area contributed by atoms with E-state index in [9.17, 15) is 14.7 Å². The van der Waals surface area contributed by atoms with E-state index < -0.39 is 5.97 Å². The normalized spacial score (nSPS) is 10.1. The number of hydrogen-bond donors (Lipinski definition) is 1.